The van der Waals surface area contributed by atoms with Crippen molar-refractivity contribution in [1.82, 2.24) is 4.90 Å². The normalized spacial score (nSPS) is 20.3. The van der Waals surface area contributed by atoms with Gasteiger partial charge < -0.3 is 15.4 Å². The fraction of sp³-hybridized carbons (Fsp3) is 0.533. The second-order valence-corrected chi connectivity index (χ2v) is 6.45. The van der Waals surface area contributed by atoms with Crippen molar-refractivity contribution < 1.29 is 9.53 Å². The van der Waals surface area contributed by atoms with E-state index in [-0.39, 0.29) is 12.0 Å². The van der Waals surface area contributed by atoms with E-state index in [1.54, 1.807) is 16.7 Å². The van der Waals surface area contributed by atoms with Crippen LogP contribution in [-0.4, -0.2) is 48.6 Å². The summed E-state index contributed by atoms with van der Waals surface area (Å²) in [5.41, 5.74) is 6.90. The van der Waals surface area contributed by atoms with Crippen LogP contribution in [0.5, 0.6) is 0 Å². The van der Waals surface area contributed by atoms with Crippen LogP contribution < -0.4 is 5.73 Å². The van der Waals surface area contributed by atoms with Crippen molar-refractivity contribution in [2.45, 2.75) is 18.6 Å². The molecule has 1 saturated heterocycles. The van der Waals surface area contributed by atoms with E-state index >= 15 is 0 Å². The number of benzene rings is 1. The van der Waals surface area contributed by atoms with Gasteiger partial charge in [-0.1, -0.05) is 29.8 Å². The summed E-state index contributed by atoms with van der Waals surface area (Å²) in [5.74, 6) is 0.898. The minimum absolute atomic E-state index is 0.00408. The van der Waals surface area contributed by atoms with Crippen molar-refractivity contribution in [3.05, 3.63) is 34.9 Å². The van der Waals surface area contributed by atoms with E-state index in [4.69, 9.17) is 22.1 Å². The Hall–Kier alpha value is -0.750. The van der Waals surface area contributed by atoms with Crippen molar-refractivity contribution in [1.29, 1.82) is 0 Å². The van der Waals surface area contributed by atoms with Crippen LogP contribution in [0.1, 0.15) is 18.1 Å². The minimum atomic E-state index is -0.428. The number of nitrogens with zero attached hydrogens (tertiary/aromatic N) is 1. The molecule has 2 atom stereocenters. The first kappa shape index (κ1) is 16.6. The van der Waals surface area contributed by atoms with Crippen molar-refractivity contribution in [3.63, 3.8) is 0 Å². The van der Waals surface area contributed by atoms with Crippen LogP contribution >= 0.6 is 23.4 Å². The number of carbonyl (C=O) groups is 1. The molecule has 0 aliphatic carbocycles. The highest BCUT2D eigenvalue weighted by Gasteiger charge is 2.29. The summed E-state index contributed by atoms with van der Waals surface area (Å²) in [7, 11) is 0. The van der Waals surface area contributed by atoms with E-state index in [0.717, 1.165) is 11.3 Å². The molecule has 1 amide bonds. The van der Waals surface area contributed by atoms with Gasteiger partial charge in [0.25, 0.3) is 0 Å². The van der Waals surface area contributed by atoms with E-state index < -0.39 is 6.04 Å². The third-order valence-electron chi connectivity index (χ3n) is 3.58. The van der Waals surface area contributed by atoms with Crippen molar-refractivity contribution in [2.75, 3.05) is 31.7 Å². The quantitative estimate of drug-likeness (QED) is 0.901. The van der Waals surface area contributed by atoms with E-state index in [1.807, 2.05) is 30.5 Å². The highest BCUT2D eigenvalue weighted by molar-refractivity contribution is 7.98. The molecule has 1 fully saturated rings. The number of hydrogen-bond donors (Lipinski definition) is 1. The molecule has 1 heterocycles. The molecule has 0 bridgehead atoms. The lowest BCUT2D eigenvalue weighted by atomic mass is 10.1. The fourth-order valence-corrected chi connectivity index (χ4v) is 3.12. The van der Waals surface area contributed by atoms with E-state index in [1.165, 1.54) is 0 Å². The molecule has 1 aliphatic heterocycles. The molecule has 2 N–H and O–H groups in total. The molecule has 1 aromatic carbocycles. The number of morpholine rings is 1. The predicted molar refractivity (Wildman–Crippen MR) is 87.7 cm³/mol. The van der Waals surface area contributed by atoms with E-state index in [9.17, 15) is 4.79 Å². The average molecular weight is 329 g/mol. The van der Waals surface area contributed by atoms with Gasteiger partial charge in [-0.15, -0.1) is 0 Å². The van der Waals surface area contributed by atoms with Crippen molar-refractivity contribution >= 4 is 29.3 Å². The van der Waals surface area contributed by atoms with Gasteiger partial charge in [-0.2, -0.15) is 11.8 Å². The number of ether oxygens (including phenoxy) is 1. The second-order valence-electron chi connectivity index (χ2n) is 5.05. The van der Waals surface area contributed by atoms with Gasteiger partial charge in [-0.3, -0.25) is 4.79 Å². The van der Waals surface area contributed by atoms with Crippen LogP contribution in [0.4, 0.5) is 0 Å². The summed E-state index contributed by atoms with van der Waals surface area (Å²) in [5, 5.41) is 0.670. The number of halogens is 1. The van der Waals surface area contributed by atoms with Crippen LogP contribution in [0.2, 0.25) is 5.02 Å². The Morgan fingerprint density at radius 1 is 1.57 bits per heavy atom. The molecule has 4 nitrogen and oxygen atoms in total. The van der Waals surface area contributed by atoms with Gasteiger partial charge >= 0.3 is 0 Å². The topological polar surface area (TPSA) is 55.6 Å². The molecule has 2 rings (SSSR count). The summed E-state index contributed by atoms with van der Waals surface area (Å²) in [6, 6.07) is 7.16. The van der Waals surface area contributed by atoms with Crippen LogP contribution in [0.3, 0.4) is 0 Å². The molecule has 1 aromatic rings. The molecule has 6 heteroatoms. The number of carbonyl (C=O) groups excluding carboxylic acids is 1. The summed E-state index contributed by atoms with van der Waals surface area (Å²) in [6.45, 7) is 1.61. The number of amides is 1. The summed E-state index contributed by atoms with van der Waals surface area (Å²) < 4.78 is 5.76. The third-order valence-corrected chi connectivity index (χ3v) is 4.57. The van der Waals surface area contributed by atoms with Gasteiger partial charge in [-0.25, -0.2) is 0 Å². The Bertz CT molecular complexity index is 486. The van der Waals surface area contributed by atoms with Crippen molar-refractivity contribution in [3.8, 4) is 0 Å². The number of hydrogen-bond acceptors (Lipinski definition) is 4. The zero-order valence-corrected chi connectivity index (χ0v) is 13.7. The molecular formula is C15H21ClN2O2S. The van der Waals surface area contributed by atoms with Crippen LogP contribution in [-0.2, 0) is 9.53 Å². The Kier molecular flexibility index (Phi) is 6.36. The Morgan fingerprint density at radius 2 is 2.33 bits per heavy atom. The van der Waals surface area contributed by atoms with E-state index in [0.29, 0.717) is 31.1 Å². The van der Waals surface area contributed by atoms with Crippen LogP contribution in [0.15, 0.2) is 24.3 Å². The molecule has 0 spiro atoms. The molecule has 116 valence electrons. The van der Waals surface area contributed by atoms with Gasteiger partial charge in [0.05, 0.1) is 19.2 Å². The third kappa shape index (κ3) is 4.36. The zero-order valence-electron chi connectivity index (χ0n) is 12.1. The van der Waals surface area contributed by atoms with E-state index in [2.05, 4.69) is 0 Å². The van der Waals surface area contributed by atoms with Gasteiger partial charge in [0.15, 0.2) is 0 Å². The lowest BCUT2D eigenvalue weighted by Crippen LogP contribution is -2.49. The first-order chi connectivity index (χ1) is 10.1. The summed E-state index contributed by atoms with van der Waals surface area (Å²) in [6.07, 6.45) is 2.54. The smallest absolute Gasteiger partial charge is 0.239 e. The molecule has 0 radical (unpaired) electrons. The molecule has 1 aliphatic rings. The second kappa shape index (κ2) is 8.03. The Labute approximate surface area is 135 Å². The minimum Gasteiger partial charge on any atom is -0.370 e. The van der Waals surface area contributed by atoms with Gasteiger partial charge in [-0.05, 0) is 24.5 Å². The van der Waals surface area contributed by atoms with Crippen LogP contribution in [0.25, 0.3) is 0 Å². The predicted octanol–water partition coefficient (Wildman–Crippen LogP) is 2.32. The van der Waals surface area contributed by atoms with Gasteiger partial charge in [0.1, 0.15) is 6.10 Å². The van der Waals surface area contributed by atoms with Crippen LogP contribution in [0, 0.1) is 0 Å². The fourth-order valence-electron chi connectivity index (χ4n) is 2.38. The summed E-state index contributed by atoms with van der Waals surface area (Å²) in [4.78, 5) is 14.2. The SMILES string of the molecule is CSCC[C@H](N)C(=O)N1CCO[C@@H](c2ccccc2Cl)C1. The lowest BCUT2D eigenvalue weighted by molar-refractivity contribution is -0.140. The largest absolute Gasteiger partial charge is 0.370 e. The first-order valence-electron chi connectivity index (χ1n) is 7.02. The molecule has 0 aromatic heterocycles. The lowest BCUT2D eigenvalue weighted by Gasteiger charge is -2.34. The maximum absolute atomic E-state index is 12.4. The maximum Gasteiger partial charge on any atom is 0.239 e. The monoisotopic (exact) mass is 328 g/mol. The number of thioether (sulfide) groups is 1. The average Bonchev–Trinajstić information content (AvgIpc) is 2.52. The Balaban J connectivity index is 2.00. The first-order valence-corrected chi connectivity index (χ1v) is 8.80. The van der Waals surface area contributed by atoms with Crippen molar-refractivity contribution in [2.24, 2.45) is 5.73 Å². The molecule has 21 heavy (non-hydrogen) atoms. The zero-order chi connectivity index (χ0) is 15.2. The molecule has 0 unspecified atom stereocenters. The highest BCUT2D eigenvalue weighted by Crippen LogP contribution is 2.28. The maximum atomic E-state index is 12.4. The molecule has 0 saturated carbocycles. The van der Waals surface area contributed by atoms with Gasteiger partial charge in [0, 0.05) is 17.1 Å². The number of nitrogens with two attached hydrogens (primary N) is 1. The molecular weight excluding hydrogens is 308 g/mol. The standard InChI is InChI=1S/C15H21ClN2O2S/c1-21-9-6-13(17)15(19)18-7-8-20-14(10-18)11-4-2-3-5-12(11)16/h2-5,13-14H,6-10,17H2,1H3/t13-,14+/m0/s1. The number of rotatable bonds is 5. The highest BCUT2D eigenvalue weighted by atomic mass is 35.5. The summed E-state index contributed by atoms with van der Waals surface area (Å²) >= 11 is 7.91. The Morgan fingerprint density at radius 3 is 3.05 bits per heavy atom. The van der Waals surface area contributed by atoms with Gasteiger partial charge in [0.2, 0.25) is 5.91 Å².